The second-order valence-corrected chi connectivity index (χ2v) is 5.44. The number of anilines is 1. The SMILES string of the molecule is C=C(C)c1c(C)c2c(c(C)c1C(=C)C)NCCC2. The lowest BCUT2D eigenvalue weighted by Gasteiger charge is -2.28. The molecule has 1 aliphatic heterocycles. The van der Waals surface area contributed by atoms with Crippen LogP contribution in [0.2, 0.25) is 0 Å². The molecule has 1 N–H and O–H groups in total. The van der Waals surface area contributed by atoms with Crippen LogP contribution in [0.3, 0.4) is 0 Å². The molecule has 0 radical (unpaired) electrons. The average Bonchev–Trinajstić information content (AvgIpc) is 2.32. The molecule has 0 aliphatic carbocycles. The van der Waals surface area contributed by atoms with Gasteiger partial charge in [0.1, 0.15) is 0 Å². The maximum atomic E-state index is 4.16. The minimum Gasteiger partial charge on any atom is -0.385 e. The number of nitrogens with one attached hydrogen (secondary N) is 1. The largest absolute Gasteiger partial charge is 0.385 e. The highest BCUT2D eigenvalue weighted by molar-refractivity contribution is 5.85. The van der Waals surface area contributed by atoms with E-state index in [1.807, 2.05) is 0 Å². The first-order valence-electron chi connectivity index (χ1n) is 6.66. The number of hydrogen-bond donors (Lipinski definition) is 1. The molecule has 0 bridgehead atoms. The van der Waals surface area contributed by atoms with Crippen molar-refractivity contribution in [2.45, 2.75) is 40.5 Å². The first kappa shape index (κ1) is 12.9. The summed E-state index contributed by atoms with van der Waals surface area (Å²) in [5.41, 5.74) is 10.4. The standard InChI is InChI=1S/C17H23N/c1-10(2)15-12(5)14-8-7-9-18-17(14)13(6)16(15)11(3)4/h18H,1,3,7-9H2,2,4-6H3. The van der Waals surface area contributed by atoms with Crippen molar-refractivity contribution in [2.24, 2.45) is 0 Å². The predicted octanol–water partition coefficient (Wildman–Crippen LogP) is 4.73. The maximum absolute atomic E-state index is 4.16. The summed E-state index contributed by atoms with van der Waals surface area (Å²) in [5.74, 6) is 0. The van der Waals surface area contributed by atoms with Crippen molar-refractivity contribution in [1.82, 2.24) is 0 Å². The smallest absolute Gasteiger partial charge is 0.0411 e. The first-order valence-corrected chi connectivity index (χ1v) is 6.66. The lowest BCUT2D eigenvalue weighted by molar-refractivity contribution is 0.820. The Kier molecular flexibility index (Phi) is 3.34. The summed E-state index contributed by atoms with van der Waals surface area (Å²) < 4.78 is 0. The summed E-state index contributed by atoms with van der Waals surface area (Å²) in [5, 5.41) is 3.56. The fourth-order valence-corrected chi connectivity index (χ4v) is 3.16. The molecule has 0 saturated heterocycles. The number of benzene rings is 1. The zero-order valence-corrected chi connectivity index (χ0v) is 12.0. The summed E-state index contributed by atoms with van der Waals surface area (Å²) in [6.45, 7) is 18.0. The van der Waals surface area contributed by atoms with Gasteiger partial charge < -0.3 is 5.32 Å². The summed E-state index contributed by atoms with van der Waals surface area (Å²) in [6.07, 6.45) is 2.39. The van der Waals surface area contributed by atoms with Crippen molar-refractivity contribution in [3.8, 4) is 0 Å². The van der Waals surface area contributed by atoms with Gasteiger partial charge in [0.15, 0.2) is 0 Å². The van der Waals surface area contributed by atoms with Gasteiger partial charge >= 0.3 is 0 Å². The van der Waals surface area contributed by atoms with Crippen molar-refractivity contribution >= 4 is 16.8 Å². The van der Waals surface area contributed by atoms with Gasteiger partial charge in [-0.05, 0) is 68.4 Å². The molecule has 18 heavy (non-hydrogen) atoms. The fraction of sp³-hybridized carbons (Fsp3) is 0.412. The van der Waals surface area contributed by atoms with E-state index in [4.69, 9.17) is 0 Å². The Labute approximate surface area is 111 Å². The van der Waals surface area contributed by atoms with E-state index < -0.39 is 0 Å². The van der Waals surface area contributed by atoms with Gasteiger partial charge in [0.25, 0.3) is 0 Å². The van der Waals surface area contributed by atoms with Crippen molar-refractivity contribution in [1.29, 1.82) is 0 Å². The van der Waals surface area contributed by atoms with Crippen molar-refractivity contribution < 1.29 is 0 Å². The molecule has 2 rings (SSSR count). The van der Waals surface area contributed by atoms with Gasteiger partial charge in [0, 0.05) is 12.2 Å². The zero-order chi connectivity index (χ0) is 13.4. The van der Waals surface area contributed by atoms with Crippen LogP contribution in [0, 0.1) is 13.8 Å². The lowest BCUT2D eigenvalue weighted by atomic mass is 9.83. The van der Waals surface area contributed by atoms with Gasteiger partial charge in [-0.2, -0.15) is 0 Å². The second kappa shape index (κ2) is 4.64. The normalized spacial score (nSPS) is 13.8. The van der Waals surface area contributed by atoms with E-state index in [9.17, 15) is 0 Å². The Morgan fingerprint density at radius 3 is 2.11 bits per heavy atom. The van der Waals surface area contributed by atoms with E-state index in [-0.39, 0.29) is 0 Å². The van der Waals surface area contributed by atoms with Gasteiger partial charge in [0.2, 0.25) is 0 Å². The summed E-state index contributed by atoms with van der Waals surface area (Å²) in [4.78, 5) is 0. The minimum atomic E-state index is 1.08. The molecule has 1 aromatic rings. The monoisotopic (exact) mass is 241 g/mol. The highest BCUT2D eigenvalue weighted by atomic mass is 14.9. The van der Waals surface area contributed by atoms with Crippen LogP contribution >= 0.6 is 0 Å². The van der Waals surface area contributed by atoms with Crippen LogP contribution in [0.25, 0.3) is 11.1 Å². The summed E-state index contributed by atoms with van der Waals surface area (Å²) in [6, 6.07) is 0. The Bertz CT molecular complexity index is 486. The molecule has 0 fully saturated rings. The third-order valence-electron chi connectivity index (χ3n) is 3.89. The lowest BCUT2D eigenvalue weighted by Crippen LogP contribution is -2.16. The molecule has 1 nitrogen and oxygen atoms in total. The number of fused-ring (bicyclic) bond motifs is 1. The molecule has 1 heterocycles. The highest BCUT2D eigenvalue weighted by Crippen LogP contribution is 2.39. The van der Waals surface area contributed by atoms with Crippen LogP contribution in [0.5, 0.6) is 0 Å². The first-order chi connectivity index (χ1) is 8.45. The highest BCUT2D eigenvalue weighted by Gasteiger charge is 2.21. The molecule has 0 aromatic heterocycles. The molecule has 0 spiro atoms. The zero-order valence-electron chi connectivity index (χ0n) is 12.0. The third-order valence-corrected chi connectivity index (χ3v) is 3.89. The molecule has 0 atom stereocenters. The second-order valence-electron chi connectivity index (χ2n) is 5.44. The number of allylic oxidation sites excluding steroid dienone is 2. The Morgan fingerprint density at radius 1 is 1.00 bits per heavy atom. The topological polar surface area (TPSA) is 12.0 Å². The molecule has 1 heteroatoms. The van der Waals surface area contributed by atoms with E-state index >= 15 is 0 Å². The summed E-state index contributed by atoms with van der Waals surface area (Å²) >= 11 is 0. The average molecular weight is 241 g/mol. The van der Waals surface area contributed by atoms with Gasteiger partial charge in [-0.25, -0.2) is 0 Å². The van der Waals surface area contributed by atoms with Crippen molar-refractivity contribution in [3.63, 3.8) is 0 Å². The Morgan fingerprint density at radius 2 is 1.56 bits per heavy atom. The number of hydrogen-bond acceptors (Lipinski definition) is 1. The predicted molar refractivity (Wildman–Crippen MR) is 82.1 cm³/mol. The van der Waals surface area contributed by atoms with Crippen molar-refractivity contribution in [2.75, 3.05) is 11.9 Å². The quantitative estimate of drug-likeness (QED) is 0.789. The number of rotatable bonds is 2. The third kappa shape index (κ3) is 1.88. The van der Waals surface area contributed by atoms with Gasteiger partial charge in [-0.3, -0.25) is 0 Å². The van der Waals surface area contributed by atoms with Crippen LogP contribution in [-0.4, -0.2) is 6.54 Å². The van der Waals surface area contributed by atoms with Crippen molar-refractivity contribution in [3.05, 3.63) is 41.0 Å². The molecule has 0 saturated carbocycles. The Hall–Kier alpha value is -1.50. The van der Waals surface area contributed by atoms with E-state index in [1.165, 1.54) is 46.3 Å². The molecular weight excluding hydrogens is 218 g/mol. The van der Waals surface area contributed by atoms with Crippen LogP contribution in [0.4, 0.5) is 5.69 Å². The molecule has 1 aromatic carbocycles. The summed E-state index contributed by atoms with van der Waals surface area (Å²) in [7, 11) is 0. The maximum Gasteiger partial charge on any atom is 0.0411 e. The molecule has 0 unspecified atom stereocenters. The Balaban J connectivity index is 2.84. The van der Waals surface area contributed by atoms with Crippen LogP contribution in [0.1, 0.15) is 48.1 Å². The van der Waals surface area contributed by atoms with E-state index in [1.54, 1.807) is 0 Å². The van der Waals surface area contributed by atoms with Crippen LogP contribution in [-0.2, 0) is 6.42 Å². The fourth-order valence-electron chi connectivity index (χ4n) is 3.16. The molecule has 96 valence electrons. The van der Waals surface area contributed by atoms with Crippen LogP contribution < -0.4 is 5.32 Å². The van der Waals surface area contributed by atoms with Gasteiger partial charge in [-0.1, -0.05) is 24.3 Å². The van der Waals surface area contributed by atoms with E-state index in [0.717, 1.165) is 17.7 Å². The molecule has 1 aliphatic rings. The van der Waals surface area contributed by atoms with E-state index in [2.05, 4.69) is 46.2 Å². The van der Waals surface area contributed by atoms with E-state index in [0.29, 0.717) is 0 Å². The molecular formula is C17H23N. The minimum absolute atomic E-state index is 1.08. The van der Waals surface area contributed by atoms with Gasteiger partial charge in [0.05, 0.1) is 0 Å². The van der Waals surface area contributed by atoms with Gasteiger partial charge in [-0.15, -0.1) is 0 Å². The van der Waals surface area contributed by atoms with Crippen LogP contribution in [0.15, 0.2) is 13.2 Å². The molecule has 0 amide bonds.